The number of ketones is 2. The highest BCUT2D eigenvalue weighted by Crippen LogP contribution is 2.37. The Balaban J connectivity index is 1.69. The molecule has 0 unspecified atom stereocenters. The fourth-order valence-corrected chi connectivity index (χ4v) is 4.75. The summed E-state index contributed by atoms with van der Waals surface area (Å²) in [5.74, 6) is 1.96. The van der Waals surface area contributed by atoms with Gasteiger partial charge in [-0.15, -0.1) is 23.5 Å². The average molecular weight is 373 g/mol. The Morgan fingerprint density at radius 3 is 1.44 bits per heavy atom. The molecule has 0 aromatic heterocycles. The van der Waals surface area contributed by atoms with E-state index in [9.17, 15) is 9.59 Å². The smallest absolute Gasteiger partial charge is 0.163 e. The van der Waals surface area contributed by atoms with Crippen LogP contribution in [-0.4, -0.2) is 27.2 Å². The minimum absolute atomic E-state index is 0.00602. The number of rotatable bonds is 10. The van der Waals surface area contributed by atoms with Crippen LogP contribution < -0.4 is 0 Å². The number of Topliss-reactive ketones (excluding diaryl/α,β-unsaturated/α-hetero) is 2. The third-order valence-electron chi connectivity index (χ3n) is 3.75. The summed E-state index contributed by atoms with van der Waals surface area (Å²) in [7, 11) is 0. The van der Waals surface area contributed by atoms with E-state index in [-0.39, 0.29) is 15.6 Å². The number of carbonyl (C=O) groups excluding carboxylic acids is 2. The van der Waals surface area contributed by atoms with Crippen LogP contribution in [0.4, 0.5) is 0 Å². The molecule has 4 heteroatoms. The van der Waals surface area contributed by atoms with Crippen molar-refractivity contribution in [2.75, 3.05) is 11.5 Å². The van der Waals surface area contributed by atoms with Crippen LogP contribution in [0.15, 0.2) is 60.7 Å². The van der Waals surface area contributed by atoms with Gasteiger partial charge in [0.1, 0.15) is 0 Å². The summed E-state index contributed by atoms with van der Waals surface area (Å²) in [6.45, 7) is 4.31. The molecule has 0 amide bonds. The minimum atomic E-state index is -0.00602. The summed E-state index contributed by atoms with van der Waals surface area (Å²) in [6.07, 6.45) is 1.09. The molecule has 0 bridgehead atoms. The van der Waals surface area contributed by atoms with E-state index < -0.39 is 0 Å². The molecule has 0 aliphatic heterocycles. The molecule has 2 aromatic carbocycles. The van der Waals surface area contributed by atoms with Gasteiger partial charge in [0, 0.05) is 35.5 Å². The molecule has 0 heterocycles. The molecule has 2 nitrogen and oxygen atoms in total. The van der Waals surface area contributed by atoms with Gasteiger partial charge < -0.3 is 0 Å². The topological polar surface area (TPSA) is 34.1 Å². The fourth-order valence-electron chi connectivity index (χ4n) is 2.36. The second-order valence-corrected chi connectivity index (χ2v) is 9.87. The van der Waals surface area contributed by atoms with E-state index >= 15 is 0 Å². The Labute approximate surface area is 158 Å². The monoisotopic (exact) mass is 372 g/mol. The first-order valence-electron chi connectivity index (χ1n) is 8.42. The summed E-state index contributed by atoms with van der Waals surface area (Å²) in [6, 6.07) is 18.9. The van der Waals surface area contributed by atoms with Gasteiger partial charge in [-0.1, -0.05) is 60.7 Å². The molecule has 0 aliphatic rings. The van der Waals surface area contributed by atoms with Gasteiger partial charge in [0.25, 0.3) is 0 Å². The number of benzene rings is 2. The van der Waals surface area contributed by atoms with Crippen LogP contribution in [0.1, 0.15) is 47.4 Å². The standard InChI is InChI=1S/C21H24O2S2/c1-21(2,24-15-13-19(22)17-9-5-3-6-10-17)25-16-14-20(23)18-11-7-4-8-12-18/h3-12H,13-16H2,1-2H3. The van der Waals surface area contributed by atoms with E-state index in [1.807, 2.05) is 60.7 Å². The van der Waals surface area contributed by atoms with Crippen molar-refractivity contribution in [2.24, 2.45) is 0 Å². The summed E-state index contributed by atoms with van der Waals surface area (Å²) in [4.78, 5) is 24.3. The maximum Gasteiger partial charge on any atom is 0.163 e. The van der Waals surface area contributed by atoms with E-state index in [1.54, 1.807) is 23.5 Å². The maximum absolute atomic E-state index is 12.1. The van der Waals surface area contributed by atoms with Gasteiger partial charge in [-0.2, -0.15) is 0 Å². The van der Waals surface area contributed by atoms with Gasteiger partial charge in [-0.05, 0) is 13.8 Å². The molecular formula is C21H24O2S2. The minimum Gasteiger partial charge on any atom is -0.294 e. The van der Waals surface area contributed by atoms with Gasteiger partial charge in [0.2, 0.25) is 0 Å². The molecular weight excluding hydrogens is 348 g/mol. The Hall–Kier alpha value is -1.52. The van der Waals surface area contributed by atoms with Crippen molar-refractivity contribution in [3.8, 4) is 0 Å². The van der Waals surface area contributed by atoms with Crippen molar-refractivity contribution in [3.05, 3.63) is 71.8 Å². The average Bonchev–Trinajstić information content (AvgIpc) is 2.62. The SMILES string of the molecule is CC(C)(SCCC(=O)c1ccccc1)SCCC(=O)c1ccccc1. The predicted octanol–water partition coefficient (Wildman–Crippen LogP) is 5.73. The second kappa shape index (κ2) is 9.83. The molecule has 2 rings (SSSR count). The van der Waals surface area contributed by atoms with Gasteiger partial charge in [0.15, 0.2) is 11.6 Å². The van der Waals surface area contributed by atoms with E-state index in [0.29, 0.717) is 12.8 Å². The largest absolute Gasteiger partial charge is 0.294 e. The molecule has 0 fully saturated rings. The lowest BCUT2D eigenvalue weighted by Gasteiger charge is -2.23. The van der Waals surface area contributed by atoms with Crippen molar-refractivity contribution in [1.82, 2.24) is 0 Å². The normalized spacial score (nSPS) is 11.3. The molecule has 0 atom stereocenters. The van der Waals surface area contributed by atoms with Crippen LogP contribution in [0.3, 0.4) is 0 Å². The summed E-state index contributed by atoms with van der Waals surface area (Å²) in [5, 5.41) is 0. The van der Waals surface area contributed by atoms with Gasteiger partial charge in [-0.3, -0.25) is 9.59 Å². The van der Waals surface area contributed by atoms with Crippen LogP contribution in [-0.2, 0) is 0 Å². The number of carbonyl (C=O) groups is 2. The first-order valence-corrected chi connectivity index (χ1v) is 10.4. The molecule has 0 aliphatic carbocycles. The highest BCUT2D eigenvalue weighted by molar-refractivity contribution is 8.18. The molecule has 132 valence electrons. The van der Waals surface area contributed by atoms with Crippen LogP contribution in [0, 0.1) is 0 Å². The zero-order valence-corrected chi connectivity index (χ0v) is 16.4. The molecule has 0 spiro atoms. The number of hydrogen-bond acceptors (Lipinski definition) is 4. The molecule has 0 saturated heterocycles. The van der Waals surface area contributed by atoms with E-state index in [2.05, 4.69) is 13.8 Å². The lowest BCUT2D eigenvalue weighted by molar-refractivity contribution is 0.0981. The van der Waals surface area contributed by atoms with Gasteiger partial charge >= 0.3 is 0 Å². The van der Waals surface area contributed by atoms with Crippen molar-refractivity contribution in [3.63, 3.8) is 0 Å². The lowest BCUT2D eigenvalue weighted by Crippen LogP contribution is -2.13. The molecule has 0 radical (unpaired) electrons. The third-order valence-corrected chi connectivity index (χ3v) is 6.66. The van der Waals surface area contributed by atoms with E-state index in [4.69, 9.17) is 0 Å². The summed E-state index contributed by atoms with van der Waals surface area (Å²) < 4.78 is -0.00602. The quantitative estimate of drug-likeness (QED) is 0.394. The Morgan fingerprint density at radius 2 is 1.08 bits per heavy atom. The Morgan fingerprint density at radius 1 is 0.720 bits per heavy atom. The summed E-state index contributed by atoms with van der Waals surface area (Å²) in [5.41, 5.74) is 1.56. The van der Waals surface area contributed by atoms with Crippen molar-refractivity contribution < 1.29 is 9.59 Å². The van der Waals surface area contributed by atoms with Crippen molar-refractivity contribution in [1.29, 1.82) is 0 Å². The predicted molar refractivity (Wildman–Crippen MR) is 110 cm³/mol. The van der Waals surface area contributed by atoms with Crippen molar-refractivity contribution in [2.45, 2.75) is 30.8 Å². The van der Waals surface area contributed by atoms with Gasteiger partial charge in [0.05, 0.1) is 4.08 Å². The molecule has 0 saturated carbocycles. The maximum atomic E-state index is 12.1. The van der Waals surface area contributed by atoms with Crippen LogP contribution in [0.2, 0.25) is 0 Å². The highest BCUT2D eigenvalue weighted by Gasteiger charge is 2.20. The lowest BCUT2D eigenvalue weighted by atomic mass is 10.1. The van der Waals surface area contributed by atoms with Crippen molar-refractivity contribution >= 4 is 35.1 Å². The summed E-state index contributed by atoms with van der Waals surface area (Å²) >= 11 is 3.56. The van der Waals surface area contributed by atoms with Crippen LogP contribution in [0.25, 0.3) is 0 Å². The Kier molecular flexibility index (Phi) is 7.79. The second-order valence-electron chi connectivity index (χ2n) is 6.18. The Bertz CT molecular complexity index is 622. The van der Waals surface area contributed by atoms with Gasteiger partial charge in [-0.25, -0.2) is 0 Å². The fraction of sp³-hybridized carbons (Fsp3) is 0.333. The molecule has 2 aromatic rings. The first-order chi connectivity index (χ1) is 12.0. The number of thioether (sulfide) groups is 2. The van der Waals surface area contributed by atoms with E-state index in [0.717, 1.165) is 22.6 Å². The van der Waals surface area contributed by atoms with E-state index in [1.165, 1.54) is 0 Å². The molecule has 25 heavy (non-hydrogen) atoms. The first kappa shape index (κ1) is 19.8. The zero-order chi connectivity index (χ0) is 18.1. The highest BCUT2D eigenvalue weighted by atomic mass is 32.2. The third kappa shape index (κ3) is 7.09. The molecule has 0 N–H and O–H groups in total. The van der Waals surface area contributed by atoms with Crippen LogP contribution >= 0.6 is 23.5 Å². The zero-order valence-electron chi connectivity index (χ0n) is 14.7. The number of hydrogen-bond donors (Lipinski definition) is 0. The van der Waals surface area contributed by atoms with Crippen LogP contribution in [0.5, 0.6) is 0 Å².